The number of hydrogen-bond donors (Lipinski definition) is 3. The topological polar surface area (TPSA) is 161 Å². The van der Waals surface area contributed by atoms with Gasteiger partial charge in [0.05, 0.1) is 10.6 Å². The van der Waals surface area contributed by atoms with Gasteiger partial charge in [-0.05, 0) is 283 Å². The lowest BCUT2D eigenvalue weighted by atomic mass is 9.66. The van der Waals surface area contributed by atoms with Crippen LogP contribution in [0.1, 0.15) is 155 Å². The quantitative estimate of drug-likeness (QED) is 0.0258. The Labute approximate surface area is 759 Å². The van der Waals surface area contributed by atoms with Gasteiger partial charge in [0.25, 0.3) is 15.7 Å². The average molecular weight is 1820 g/mol. The number of hydrogen-bond acceptors (Lipinski definition) is 17. The number of alkyl halides is 3. The Bertz CT molecular complexity index is 5160. The number of nitrogens with one attached hydrogen (secondary N) is 3. The maximum Gasteiger partial charge on any atom is 0.501 e. The lowest BCUT2D eigenvalue weighted by Gasteiger charge is -2.42. The monoisotopic (exact) mass is 1820 g/mol. The number of allylic oxidation sites excluding steroid dienone is 1. The summed E-state index contributed by atoms with van der Waals surface area (Å²) in [6, 6.07) is 61.1. The molecule has 8 aromatic carbocycles. The fourth-order valence-corrected chi connectivity index (χ4v) is 22.5. The summed E-state index contributed by atoms with van der Waals surface area (Å²) in [5, 5.41) is 11.6. The number of piperidine rings is 2. The molecule has 0 radical (unpaired) electrons. The zero-order chi connectivity index (χ0) is 88.3. The van der Waals surface area contributed by atoms with Gasteiger partial charge in [0.1, 0.15) is 10.6 Å². The molecule has 8 aromatic rings. The van der Waals surface area contributed by atoms with Gasteiger partial charge in [0.15, 0.2) is 15.6 Å². The number of aryl methyl sites for hydroxylation is 1. The van der Waals surface area contributed by atoms with E-state index in [1.165, 1.54) is 100 Å². The molecule has 1 unspecified atom stereocenters. The van der Waals surface area contributed by atoms with E-state index in [1.807, 2.05) is 78.5 Å². The maximum atomic E-state index is 14.2. The highest BCUT2D eigenvalue weighted by atomic mass is 35.5. The minimum Gasteiger partial charge on any atom is -0.381 e. The van der Waals surface area contributed by atoms with E-state index in [0.29, 0.717) is 65.3 Å². The molecule has 0 spiro atoms. The van der Waals surface area contributed by atoms with Crippen molar-refractivity contribution >= 4 is 112 Å². The van der Waals surface area contributed by atoms with Gasteiger partial charge in [-0.2, -0.15) is 13.2 Å². The number of anilines is 4. The van der Waals surface area contributed by atoms with E-state index >= 15 is 0 Å². The van der Waals surface area contributed by atoms with Crippen LogP contribution in [0.4, 0.5) is 35.9 Å². The van der Waals surface area contributed by atoms with E-state index in [0.717, 1.165) is 182 Å². The van der Waals surface area contributed by atoms with Gasteiger partial charge in [-0.15, -0.1) is 23.5 Å². The molecule has 16 nitrogen and oxygen atoms in total. The summed E-state index contributed by atoms with van der Waals surface area (Å²) in [6.07, 6.45) is 13.4. The first-order valence-corrected chi connectivity index (χ1v) is 50.7. The number of carbonyl (C=O) groups excluding carboxylic acids is 2. The van der Waals surface area contributed by atoms with Gasteiger partial charge in [0.2, 0.25) is 0 Å². The fourth-order valence-electron chi connectivity index (χ4n) is 18.0. The van der Waals surface area contributed by atoms with Gasteiger partial charge < -0.3 is 35.6 Å². The maximum absolute atomic E-state index is 14.2. The van der Waals surface area contributed by atoms with Crippen LogP contribution in [0.5, 0.6) is 0 Å². The van der Waals surface area contributed by atoms with E-state index in [4.69, 9.17) is 23.2 Å². The first-order valence-electron chi connectivity index (χ1n) is 44.8. The second-order valence-corrected chi connectivity index (χ2v) is 42.5. The lowest BCUT2D eigenvalue weighted by Crippen LogP contribution is -2.48. The van der Waals surface area contributed by atoms with Crippen LogP contribution in [-0.4, -0.2) is 212 Å². The molecule has 4 saturated heterocycles. The fraction of sp³-hybridized carbons (Fsp3) is 0.460. The largest absolute Gasteiger partial charge is 0.501 e. The normalized spacial score (nSPS) is 18.8. The number of ketones is 1. The smallest absolute Gasteiger partial charge is 0.381 e. The third-order valence-corrected chi connectivity index (χ3v) is 32.1. The molecule has 5 heterocycles. The first kappa shape index (κ1) is 94.9. The summed E-state index contributed by atoms with van der Waals surface area (Å²) in [4.78, 5) is 44.3. The molecule has 125 heavy (non-hydrogen) atoms. The zero-order valence-corrected chi connectivity index (χ0v) is 78.2. The van der Waals surface area contributed by atoms with Gasteiger partial charge in [0, 0.05) is 176 Å². The van der Waals surface area contributed by atoms with Crippen LogP contribution in [-0.2, 0) is 26.2 Å². The minimum atomic E-state index is -6.01. The van der Waals surface area contributed by atoms with E-state index in [-0.39, 0.29) is 17.2 Å². The number of halogens is 5. The van der Waals surface area contributed by atoms with Crippen molar-refractivity contribution in [1.82, 2.24) is 29.8 Å². The molecule has 5 aliphatic heterocycles. The number of likely N-dealkylation sites (tertiary alicyclic amines) is 2. The Kier molecular flexibility index (Phi) is 33.9. The van der Waals surface area contributed by atoms with Gasteiger partial charge in [-0.25, -0.2) is 16.8 Å². The first-order chi connectivity index (χ1) is 60.1. The molecule has 3 N–H and O–H groups in total. The Balaban J connectivity index is 0.000000216. The molecule has 4 fully saturated rings. The molecular formula is C100H125Cl2F3N10O6S4. The number of amides is 1. The molecule has 3 atom stereocenters. The van der Waals surface area contributed by atoms with Gasteiger partial charge in [-0.1, -0.05) is 135 Å². The number of piperazine rings is 2. The summed E-state index contributed by atoms with van der Waals surface area (Å²) in [7, 11) is -10.6. The van der Waals surface area contributed by atoms with Crippen molar-refractivity contribution < 1.29 is 39.6 Å². The van der Waals surface area contributed by atoms with Crippen LogP contribution in [0.2, 0.25) is 10.0 Å². The Morgan fingerprint density at radius 1 is 0.520 bits per heavy atom. The summed E-state index contributed by atoms with van der Waals surface area (Å²) in [5.74, 6) is 0.219. The van der Waals surface area contributed by atoms with Gasteiger partial charge in [-0.3, -0.25) is 24.3 Å². The minimum absolute atomic E-state index is 0.0393. The van der Waals surface area contributed by atoms with Crippen molar-refractivity contribution in [3.8, 4) is 0 Å². The number of benzene rings is 8. The number of carbonyl (C=O) groups is 2. The zero-order valence-electron chi connectivity index (χ0n) is 73.4. The number of nitrogens with zero attached hydrogens (tertiary/aromatic N) is 7. The second-order valence-electron chi connectivity index (χ2n) is 35.5. The van der Waals surface area contributed by atoms with E-state index in [2.05, 4.69) is 177 Å². The molecule has 670 valence electrons. The third-order valence-electron chi connectivity index (χ3n) is 26.2. The van der Waals surface area contributed by atoms with Crippen molar-refractivity contribution in [2.45, 2.75) is 168 Å². The van der Waals surface area contributed by atoms with E-state index in [1.54, 1.807) is 29.8 Å². The second kappa shape index (κ2) is 44.6. The predicted octanol–water partition coefficient (Wildman–Crippen LogP) is 20.9. The van der Waals surface area contributed by atoms with Crippen LogP contribution >= 0.6 is 46.7 Å². The Hall–Kier alpha value is -7.65. The number of thioether (sulfide) groups is 2. The van der Waals surface area contributed by atoms with Crippen molar-refractivity contribution in [2.75, 3.05) is 155 Å². The number of rotatable bonds is 34. The standard InChI is InChI=1S/C51H66ClN5OS.C49H59ClF3N5O5S3/c1-38(2)51(4)25-23-48(41-14-18-44(52)19-15-41)43(34-51)36-56-29-31-57(32-30-56)46-20-16-42(17-21-46)50(58)53-35-40-13-22-49(39(3)33-40)54-45(24-28-55-26-9-6-10-27-55)37-59-47-11-7-5-8-12-47;1-36(2)58-26-22-45(37-11-15-40(50)16-12-37)39(33-58)32-56-27-29-57(30-28-56)42-17-13-38(14-18-42)47(59)35-65(60,61)44-19-20-46(48(31-44)66(62,63)49(51,52)53)54-41(21-25-55-23-7-4-8-24-55)34-64-43-9-5-3-6-10-43/h5,7-8,11-22,33,38,45,54H,6,9-10,23-32,34-37H2,1-4H3,(H,53,58);3,5-6,9-20,31,36,41,54H,4,7-8,21-30,32-35H2,1-2H3/t45-,51?;41-/m11/s1. The molecule has 1 amide bonds. The van der Waals surface area contributed by atoms with Crippen LogP contribution in [0.3, 0.4) is 0 Å². The van der Waals surface area contributed by atoms with Crippen molar-refractivity contribution in [3.05, 3.63) is 249 Å². The summed E-state index contributed by atoms with van der Waals surface area (Å²) in [6.45, 7) is 31.4. The predicted molar refractivity (Wildman–Crippen MR) is 512 cm³/mol. The molecule has 0 saturated carbocycles. The van der Waals surface area contributed by atoms with Crippen LogP contribution < -0.4 is 25.8 Å². The van der Waals surface area contributed by atoms with Gasteiger partial charge >= 0.3 is 5.51 Å². The number of Topliss-reactive ketones (excluding diaryl/α,β-unsaturated/α-hetero) is 1. The van der Waals surface area contributed by atoms with Crippen molar-refractivity contribution in [2.24, 2.45) is 11.3 Å². The van der Waals surface area contributed by atoms with Crippen LogP contribution in [0, 0.1) is 18.3 Å². The highest BCUT2D eigenvalue weighted by Gasteiger charge is 2.49. The molecule has 0 aromatic heterocycles. The summed E-state index contributed by atoms with van der Waals surface area (Å²) >= 11 is 15.9. The van der Waals surface area contributed by atoms with Crippen molar-refractivity contribution in [3.63, 3.8) is 0 Å². The molecule has 25 heteroatoms. The highest BCUT2D eigenvalue weighted by molar-refractivity contribution is 7.99. The highest BCUT2D eigenvalue weighted by Crippen LogP contribution is 2.48. The van der Waals surface area contributed by atoms with Crippen LogP contribution in [0.25, 0.3) is 11.1 Å². The third kappa shape index (κ3) is 26.6. The molecule has 6 aliphatic rings. The summed E-state index contributed by atoms with van der Waals surface area (Å²) in [5.41, 5.74) is 9.10. The lowest BCUT2D eigenvalue weighted by molar-refractivity contribution is -0.0436. The SMILES string of the molecule is CC(C)N1CCC(c2ccc(Cl)cc2)=C(CN2CCN(c3ccc(C(=O)CS(=O)(=O)c4ccc(N[C@H](CCN5CCCCC5)CSc5ccccc5)c(S(=O)(=O)C(F)(F)F)c4)cc3)CC2)C1.Cc1cc(CNC(=O)c2ccc(N3CCN(CC4=C(c5ccc(Cl)cc5)CCC(C)(C(C)C)C4)CC3)cc2)ccc1N[C@H](CCN1CCCCC1)CSc1ccccc1. The summed E-state index contributed by atoms with van der Waals surface area (Å²) < 4.78 is 96.3. The number of sulfone groups is 2. The average Bonchev–Trinajstić information content (AvgIpc) is 0.764. The van der Waals surface area contributed by atoms with Crippen LogP contribution in [0.15, 0.2) is 225 Å². The molecule has 0 bridgehead atoms. The van der Waals surface area contributed by atoms with E-state index < -0.39 is 52.6 Å². The van der Waals surface area contributed by atoms with Crippen molar-refractivity contribution in [1.29, 1.82) is 0 Å². The molecular weight excluding hydrogens is 1690 g/mol. The van der Waals surface area contributed by atoms with E-state index in [9.17, 15) is 39.6 Å². The Morgan fingerprint density at radius 2 is 1.00 bits per heavy atom. The molecule has 14 rings (SSSR count). The Morgan fingerprint density at radius 3 is 1.49 bits per heavy atom. The molecule has 1 aliphatic carbocycles.